The highest BCUT2D eigenvalue weighted by molar-refractivity contribution is 7.52. The number of aryl methyl sites for hydroxylation is 1. The molecule has 0 saturated heterocycles. The van der Waals surface area contributed by atoms with Gasteiger partial charge in [-0.3, -0.25) is 4.57 Å². The predicted molar refractivity (Wildman–Crippen MR) is 57.6 cm³/mol. The molecule has 1 atom stereocenters. The Morgan fingerprint density at radius 3 is 2.53 bits per heavy atom. The van der Waals surface area contributed by atoms with Crippen LogP contribution in [0.2, 0.25) is 0 Å². The van der Waals surface area contributed by atoms with Crippen molar-refractivity contribution in [3.63, 3.8) is 0 Å². The number of benzene rings is 1. The molecule has 0 aliphatic heterocycles. The third-order valence-corrected chi connectivity index (χ3v) is 2.87. The van der Waals surface area contributed by atoms with Crippen LogP contribution in [0, 0.1) is 0 Å². The van der Waals surface area contributed by atoms with Gasteiger partial charge in [0.25, 0.3) is 0 Å². The monoisotopic (exact) mass is 230 g/mol. The Labute approximate surface area is 89.1 Å². The number of aliphatic hydroxyl groups excluding tert-OH is 1. The molecule has 0 aromatic heterocycles. The van der Waals surface area contributed by atoms with Gasteiger partial charge in [-0.05, 0) is 18.4 Å². The summed E-state index contributed by atoms with van der Waals surface area (Å²) < 4.78 is 15.5. The van der Waals surface area contributed by atoms with E-state index in [2.05, 4.69) is 4.52 Å². The maximum absolute atomic E-state index is 10.9. The molecule has 2 N–H and O–H groups in total. The highest BCUT2D eigenvalue weighted by atomic mass is 31.2. The van der Waals surface area contributed by atoms with Crippen LogP contribution in [0.25, 0.3) is 0 Å². The molecule has 0 heterocycles. The fourth-order valence-corrected chi connectivity index (χ4v) is 1.67. The van der Waals surface area contributed by atoms with Crippen LogP contribution in [0.4, 0.5) is 0 Å². The van der Waals surface area contributed by atoms with Gasteiger partial charge in [0.1, 0.15) is 6.35 Å². The lowest BCUT2D eigenvalue weighted by atomic mass is 10.1. The highest BCUT2D eigenvalue weighted by Gasteiger charge is 2.16. The summed E-state index contributed by atoms with van der Waals surface area (Å²) in [7, 11) is -3.74. The Morgan fingerprint density at radius 2 is 1.93 bits per heavy atom. The molecule has 1 rings (SSSR count). The van der Waals surface area contributed by atoms with E-state index in [-0.39, 0.29) is 6.61 Å². The molecule has 1 aromatic rings. The molecule has 84 valence electrons. The molecule has 0 radical (unpaired) electrons. The summed E-state index contributed by atoms with van der Waals surface area (Å²) in [5, 5.41) is 8.47. The molecule has 15 heavy (non-hydrogen) atoms. The van der Waals surface area contributed by atoms with Gasteiger partial charge in [-0.25, -0.2) is 0 Å². The molecular weight excluding hydrogens is 215 g/mol. The molecular formula is C10H15O4P. The Balaban J connectivity index is 2.21. The predicted octanol–water partition coefficient (Wildman–Crippen LogP) is 1.77. The molecule has 1 unspecified atom stereocenters. The van der Waals surface area contributed by atoms with Crippen LogP contribution in [0.15, 0.2) is 30.3 Å². The van der Waals surface area contributed by atoms with E-state index < -0.39 is 13.9 Å². The normalized spacial score (nSPS) is 14.8. The first kappa shape index (κ1) is 12.4. The van der Waals surface area contributed by atoms with E-state index in [1.807, 2.05) is 30.3 Å². The lowest BCUT2D eigenvalue weighted by molar-refractivity contribution is 0.222. The topological polar surface area (TPSA) is 66.8 Å². The number of hydrogen-bond donors (Lipinski definition) is 2. The third kappa shape index (κ3) is 5.09. The number of aliphatic hydroxyl groups is 1. The van der Waals surface area contributed by atoms with Crippen molar-refractivity contribution in [3.05, 3.63) is 35.9 Å². The molecule has 1 aromatic carbocycles. The van der Waals surface area contributed by atoms with Gasteiger partial charge >= 0.3 is 7.60 Å². The third-order valence-electron chi connectivity index (χ3n) is 1.92. The summed E-state index contributed by atoms with van der Waals surface area (Å²) in [5.41, 5.74) is 1.16. The van der Waals surface area contributed by atoms with Gasteiger partial charge in [-0.2, -0.15) is 0 Å². The van der Waals surface area contributed by atoms with Gasteiger partial charge in [0.15, 0.2) is 0 Å². The van der Waals surface area contributed by atoms with Gasteiger partial charge in [-0.15, -0.1) is 0 Å². The molecule has 0 amide bonds. The molecule has 0 aliphatic carbocycles. The summed E-state index contributed by atoms with van der Waals surface area (Å²) in [5.74, 6) is 0. The highest BCUT2D eigenvalue weighted by Crippen LogP contribution is 2.40. The van der Waals surface area contributed by atoms with E-state index in [0.29, 0.717) is 6.42 Å². The summed E-state index contributed by atoms with van der Waals surface area (Å²) in [6, 6.07) is 9.81. The van der Waals surface area contributed by atoms with Crippen molar-refractivity contribution >= 4 is 7.60 Å². The van der Waals surface area contributed by atoms with Crippen molar-refractivity contribution in [1.29, 1.82) is 0 Å². The molecule has 0 bridgehead atoms. The Hall–Kier alpha value is -0.670. The first-order valence-corrected chi connectivity index (χ1v) is 6.51. The zero-order chi connectivity index (χ0) is 11.1. The Morgan fingerprint density at radius 1 is 1.27 bits per heavy atom. The summed E-state index contributed by atoms with van der Waals surface area (Å²) in [6.07, 6.45) is 0.638. The van der Waals surface area contributed by atoms with Crippen LogP contribution in [-0.4, -0.2) is 23.0 Å². The van der Waals surface area contributed by atoms with Crippen molar-refractivity contribution < 1.29 is 19.1 Å². The van der Waals surface area contributed by atoms with Crippen LogP contribution in [0.1, 0.15) is 12.0 Å². The lowest BCUT2D eigenvalue weighted by Crippen LogP contribution is -1.97. The van der Waals surface area contributed by atoms with E-state index in [0.717, 1.165) is 12.0 Å². The largest absolute Gasteiger partial charge is 0.384 e. The van der Waals surface area contributed by atoms with Crippen LogP contribution in [-0.2, 0) is 15.5 Å². The average molecular weight is 230 g/mol. The zero-order valence-electron chi connectivity index (χ0n) is 8.37. The fraction of sp³-hybridized carbons (Fsp3) is 0.400. The van der Waals surface area contributed by atoms with Crippen LogP contribution in [0.3, 0.4) is 0 Å². The SMILES string of the molecule is O=P(O)(CO)OCCCc1ccccc1. The Kier molecular flexibility index (Phi) is 4.99. The maximum atomic E-state index is 10.9. The second-order valence-corrected chi connectivity index (χ2v) is 5.02. The first-order chi connectivity index (χ1) is 7.14. The number of rotatable bonds is 6. The first-order valence-electron chi connectivity index (χ1n) is 4.75. The van der Waals surface area contributed by atoms with Gasteiger partial charge in [-0.1, -0.05) is 30.3 Å². The molecule has 0 saturated carbocycles. The average Bonchev–Trinajstić information content (AvgIpc) is 2.26. The Bertz CT molecular complexity index is 325. The van der Waals surface area contributed by atoms with E-state index in [1.165, 1.54) is 0 Å². The van der Waals surface area contributed by atoms with E-state index >= 15 is 0 Å². The van der Waals surface area contributed by atoms with Crippen molar-refractivity contribution in [2.75, 3.05) is 13.0 Å². The van der Waals surface area contributed by atoms with Crippen LogP contribution >= 0.6 is 7.60 Å². The van der Waals surface area contributed by atoms with E-state index in [1.54, 1.807) is 0 Å². The summed E-state index contributed by atoms with van der Waals surface area (Å²) in [6.45, 7) is 0.184. The minimum atomic E-state index is -3.74. The van der Waals surface area contributed by atoms with Crippen molar-refractivity contribution in [1.82, 2.24) is 0 Å². The standard InChI is InChI=1S/C10H15O4P/c11-9-15(12,13)14-8-4-7-10-5-2-1-3-6-10/h1-3,5-6,11H,4,7-9H2,(H,12,13). The molecule has 5 heteroatoms. The number of hydrogen-bond acceptors (Lipinski definition) is 3. The second-order valence-electron chi connectivity index (χ2n) is 3.20. The van der Waals surface area contributed by atoms with E-state index in [4.69, 9.17) is 10.00 Å². The molecule has 0 spiro atoms. The maximum Gasteiger partial charge on any atom is 0.353 e. The molecule has 0 aliphatic rings. The van der Waals surface area contributed by atoms with Crippen molar-refractivity contribution in [3.8, 4) is 0 Å². The minimum absolute atomic E-state index is 0.184. The van der Waals surface area contributed by atoms with Gasteiger partial charge < -0.3 is 14.5 Å². The lowest BCUT2D eigenvalue weighted by Gasteiger charge is -2.08. The van der Waals surface area contributed by atoms with E-state index in [9.17, 15) is 4.57 Å². The minimum Gasteiger partial charge on any atom is -0.384 e. The van der Waals surface area contributed by atoms with Gasteiger partial charge in [0, 0.05) is 0 Å². The molecule has 4 nitrogen and oxygen atoms in total. The van der Waals surface area contributed by atoms with Crippen molar-refractivity contribution in [2.24, 2.45) is 0 Å². The second kappa shape index (κ2) is 6.03. The van der Waals surface area contributed by atoms with Crippen LogP contribution in [0.5, 0.6) is 0 Å². The fourth-order valence-electron chi connectivity index (χ4n) is 1.17. The van der Waals surface area contributed by atoms with Crippen molar-refractivity contribution in [2.45, 2.75) is 12.8 Å². The van der Waals surface area contributed by atoms with Gasteiger partial charge in [0.2, 0.25) is 0 Å². The zero-order valence-corrected chi connectivity index (χ0v) is 9.27. The molecule has 0 fully saturated rings. The van der Waals surface area contributed by atoms with Gasteiger partial charge in [0.05, 0.1) is 6.61 Å². The summed E-state index contributed by atoms with van der Waals surface area (Å²) >= 11 is 0. The smallest absolute Gasteiger partial charge is 0.353 e. The summed E-state index contributed by atoms with van der Waals surface area (Å²) in [4.78, 5) is 8.90. The van der Waals surface area contributed by atoms with Crippen LogP contribution < -0.4 is 0 Å². The quantitative estimate of drug-likeness (QED) is 0.577.